The molecule has 0 unspecified atom stereocenters. The molecule has 1 aliphatic heterocycles. The summed E-state index contributed by atoms with van der Waals surface area (Å²) >= 11 is 0. The van der Waals surface area contributed by atoms with Gasteiger partial charge in [0.2, 0.25) is 0 Å². The first kappa shape index (κ1) is 21.9. The van der Waals surface area contributed by atoms with Gasteiger partial charge in [-0.2, -0.15) is 0 Å². The molecule has 0 saturated heterocycles. The van der Waals surface area contributed by atoms with Gasteiger partial charge in [-0.1, -0.05) is 43.3 Å². The van der Waals surface area contributed by atoms with E-state index in [9.17, 15) is 13.2 Å². The van der Waals surface area contributed by atoms with E-state index in [4.69, 9.17) is 4.74 Å². The highest BCUT2D eigenvalue weighted by Gasteiger charge is 2.28. The minimum Gasteiger partial charge on any atom is -0.484 e. The number of nitrogens with zero attached hydrogens (tertiary/aromatic N) is 1. The minimum absolute atomic E-state index is 0.163. The maximum atomic E-state index is 13.2. The van der Waals surface area contributed by atoms with E-state index in [0.717, 1.165) is 41.8 Å². The Morgan fingerprint density at radius 1 is 1.00 bits per heavy atom. The van der Waals surface area contributed by atoms with Crippen LogP contribution in [0.15, 0.2) is 77.7 Å². The Labute approximate surface area is 188 Å². The molecular weight excluding hydrogens is 424 g/mol. The van der Waals surface area contributed by atoms with Crippen molar-refractivity contribution in [1.82, 2.24) is 0 Å². The van der Waals surface area contributed by atoms with E-state index in [1.165, 1.54) is 16.4 Å². The largest absolute Gasteiger partial charge is 0.484 e. The fourth-order valence-corrected chi connectivity index (χ4v) is 5.41. The van der Waals surface area contributed by atoms with Crippen LogP contribution in [0.1, 0.15) is 24.5 Å². The quantitative estimate of drug-likeness (QED) is 0.579. The molecule has 1 aliphatic rings. The van der Waals surface area contributed by atoms with Gasteiger partial charge in [0.1, 0.15) is 5.75 Å². The highest BCUT2D eigenvalue weighted by Crippen LogP contribution is 2.32. The first-order chi connectivity index (χ1) is 15.5. The Balaban J connectivity index is 1.42. The first-order valence-corrected chi connectivity index (χ1v) is 12.1. The maximum Gasteiger partial charge on any atom is 0.264 e. The zero-order valence-corrected chi connectivity index (χ0v) is 18.8. The summed E-state index contributed by atoms with van der Waals surface area (Å²) in [4.78, 5) is 12.5. The predicted molar refractivity (Wildman–Crippen MR) is 126 cm³/mol. The summed E-state index contributed by atoms with van der Waals surface area (Å²) < 4.78 is 33.5. The van der Waals surface area contributed by atoms with Crippen LogP contribution in [0.25, 0.3) is 0 Å². The van der Waals surface area contributed by atoms with Gasteiger partial charge in [-0.3, -0.25) is 9.10 Å². The van der Waals surface area contributed by atoms with Crippen LogP contribution in [0.4, 0.5) is 11.4 Å². The van der Waals surface area contributed by atoms with Crippen molar-refractivity contribution in [2.75, 3.05) is 22.8 Å². The summed E-state index contributed by atoms with van der Waals surface area (Å²) in [7, 11) is -3.67. The van der Waals surface area contributed by atoms with Crippen molar-refractivity contribution in [3.8, 4) is 5.75 Å². The van der Waals surface area contributed by atoms with E-state index in [2.05, 4.69) is 5.32 Å². The van der Waals surface area contributed by atoms with Crippen LogP contribution in [-0.4, -0.2) is 27.5 Å². The summed E-state index contributed by atoms with van der Waals surface area (Å²) in [5.74, 6) is 0.162. The summed E-state index contributed by atoms with van der Waals surface area (Å²) in [6.45, 7) is 2.32. The summed E-state index contributed by atoms with van der Waals surface area (Å²) in [5, 5.41) is 2.85. The number of carbonyl (C=O) groups excluding carboxylic acids is 1. The van der Waals surface area contributed by atoms with Gasteiger partial charge in [-0.05, 0) is 66.8 Å². The standard InChI is InChI=1S/C25H26N2O4S/c1-2-19-8-3-5-11-23(19)26-25(28)18-31-21-13-15-22(16-14-21)32(29,30)27-17-7-10-20-9-4-6-12-24(20)27/h3-6,8-9,11-16H,2,7,10,17-18H2,1H3,(H,26,28). The molecule has 0 fully saturated rings. The molecule has 3 aromatic carbocycles. The summed E-state index contributed by atoms with van der Waals surface area (Å²) in [5.41, 5.74) is 3.60. The number of para-hydroxylation sites is 2. The molecule has 166 valence electrons. The Kier molecular flexibility index (Phi) is 6.46. The molecule has 7 heteroatoms. The fourth-order valence-electron chi connectivity index (χ4n) is 3.87. The van der Waals surface area contributed by atoms with E-state index < -0.39 is 10.0 Å². The summed E-state index contributed by atoms with van der Waals surface area (Å²) in [6.07, 6.45) is 2.47. The number of ether oxygens (including phenoxy) is 1. The molecule has 3 aromatic rings. The van der Waals surface area contributed by atoms with Gasteiger partial charge < -0.3 is 10.1 Å². The summed E-state index contributed by atoms with van der Waals surface area (Å²) in [6, 6.07) is 21.4. The Morgan fingerprint density at radius 3 is 2.50 bits per heavy atom. The molecule has 0 saturated carbocycles. The van der Waals surface area contributed by atoms with Crippen molar-refractivity contribution in [2.24, 2.45) is 0 Å². The number of fused-ring (bicyclic) bond motifs is 1. The predicted octanol–water partition coefficient (Wildman–Crippen LogP) is 4.41. The van der Waals surface area contributed by atoms with Crippen LogP contribution < -0.4 is 14.4 Å². The Bertz CT molecular complexity index is 1210. The van der Waals surface area contributed by atoms with Gasteiger partial charge in [0.25, 0.3) is 15.9 Å². The van der Waals surface area contributed by atoms with Crippen LogP contribution in [0.3, 0.4) is 0 Å². The average Bonchev–Trinajstić information content (AvgIpc) is 2.83. The van der Waals surface area contributed by atoms with E-state index in [1.54, 1.807) is 12.1 Å². The molecule has 0 bridgehead atoms. The number of hydrogen-bond donors (Lipinski definition) is 1. The topological polar surface area (TPSA) is 75.7 Å². The molecule has 4 rings (SSSR count). The third kappa shape index (κ3) is 4.62. The number of sulfonamides is 1. The van der Waals surface area contributed by atoms with Gasteiger partial charge in [-0.15, -0.1) is 0 Å². The second-order valence-corrected chi connectivity index (χ2v) is 9.49. The van der Waals surface area contributed by atoms with Crippen molar-refractivity contribution < 1.29 is 17.9 Å². The first-order valence-electron chi connectivity index (χ1n) is 10.7. The van der Waals surface area contributed by atoms with Crippen LogP contribution >= 0.6 is 0 Å². The number of carbonyl (C=O) groups is 1. The number of benzene rings is 3. The van der Waals surface area contributed by atoms with Gasteiger partial charge in [0, 0.05) is 12.2 Å². The highest BCUT2D eigenvalue weighted by molar-refractivity contribution is 7.92. The molecular formula is C25H26N2O4S. The van der Waals surface area contributed by atoms with Gasteiger partial charge in [0.15, 0.2) is 6.61 Å². The van der Waals surface area contributed by atoms with Crippen molar-refractivity contribution in [2.45, 2.75) is 31.1 Å². The number of rotatable bonds is 7. The lowest BCUT2D eigenvalue weighted by molar-refractivity contribution is -0.118. The second kappa shape index (κ2) is 9.44. The SMILES string of the molecule is CCc1ccccc1NC(=O)COc1ccc(S(=O)(=O)N2CCCc3ccccc32)cc1. The van der Waals surface area contributed by atoms with E-state index in [-0.39, 0.29) is 17.4 Å². The number of nitrogens with one attached hydrogen (secondary N) is 1. The smallest absolute Gasteiger partial charge is 0.264 e. The number of aryl methyl sites for hydroxylation is 2. The lowest BCUT2D eigenvalue weighted by atomic mass is 10.0. The van der Waals surface area contributed by atoms with Crippen LogP contribution in [-0.2, 0) is 27.7 Å². The Hall–Kier alpha value is -3.32. The van der Waals surface area contributed by atoms with Crippen molar-refractivity contribution >= 4 is 27.3 Å². The minimum atomic E-state index is -3.67. The second-order valence-electron chi connectivity index (χ2n) is 7.63. The molecule has 6 nitrogen and oxygen atoms in total. The van der Waals surface area contributed by atoms with Gasteiger partial charge >= 0.3 is 0 Å². The number of hydrogen-bond acceptors (Lipinski definition) is 4. The van der Waals surface area contributed by atoms with Crippen LogP contribution in [0, 0.1) is 0 Å². The van der Waals surface area contributed by atoms with Crippen LogP contribution in [0.2, 0.25) is 0 Å². The number of amides is 1. The third-order valence-electron chi connectivity index (χ3n) is 5.52. The van der Waals surface area contributed by atoms with Crippen LogP contribution in [0.5, 0.6) is 5.75 Å². The molecule has 1 N–H and O–H groups in total. The fraction of sp³-hybridized carbons (Fsp3) is 0.240. The van der Waals surface area contributed by atoms with E-state index >= 15 is 0 Å². The average molecular weight is 451 g/mol. The molecule has 0 aliphatic carbocycles. The molecule has 1 amide bonds. The highest BCUT2D eigenvalue weighted by atomic mass is 32.2. The van der Waals surface area contributed by atoms with Gasteiger partial charge in [0.05, 0.1) is 10.6 Å². The molecule has 0 atom stereocenters. The molecule has 0 aromatic heterocycles. The molecule has 0 radical (unpaired) electrons. The van der Waals surface area contributed by atoms with Crippen molar-refractivity contribution in [1.29, 1.82) is 0 Å². The van der Waals surface area contributed by atoms with E-state index in [1.807, 2.05) is 55.5 Å². The van der Waals surface area contributed by atoms with E-state index in [0.29, 0.717) is 12.3 Å². The third-order valence-corrected chi connectivity index (χ3v) is 7.35. The molecule has 32 heavy (non-hydrogen) atoms. The van der Waals surface area contributed by atoms with Crippen molar-refractivity contribution in [3.63, 3.8) is 0 Å². The molecule has 1 heterocycles. The van der Waals surface area contributed by atoms with Crippen molar-refractivity contribution in [3.05, 3.63) is 83.9 Å². The lowest BCUT2D eigenvalue weighted by Gasteiger charge is -2.30. The Morgan fingerprint density at radius 2 is 1.72 bits per heavy atom. The van der Waals surface area contributed by atoms with Gasteiger partial charge in [-0.25, -0.2) is 8.42 Å². The molecule has 0 spiro atoms. The lowest BCUT2D eigenvalue weighted by Crippen LogP contribution is -2.35. The number of anilines is 2. The maximum absolute atomic E-state index is 13.2. The monoisotopic (exact) mass is 450 g/mol. The zero-order chi connectivity index (χ0) is 22.6. The zero-order valence-electron chi connectivity index (χ0n) is 18.0. The normalized spacial score (nSPS) is 13.3.